The number of pyridine rings is 1. The molecule has 1 aromatic carbocycles. The van der Waals surface area contributed by atoms with Gasteiger partial charge in [0.15, 0.2) is 0 Å². The summed E-state index contributed by atoms with van der Waals surface area (Å²) in [6.45, 7) is 2.97. The summed E-state index contributed by atoms with van der Waals surface area (Å²) in [7, 11) is 1.68. The average molecular weight is 475 g/mol. The van der Waals surface area contributed by atoms with Gasteiger partial charge in [0.05, 0.1) is 19.2 Å². The first-order valence-corrected chi connectivity index (χ1v) is 12.4. The zero-order valence-corrected chi connectivity index (χ0v) is 19.9. The number of carboxylic acids is 1. The van der Waals surface area contributed by atoms with Gasteiger partial charge in [0, 0.05) is 59.8 Å². The van der Waals surface area contributed by atoms with E-state index >= 15 is 0 Å². The maximum Gasteiger partial charge on any atom is 0.337 e. The van der Waals surface area contributed by atoms with Crippen LogP contribution in [0, 0.1) is 5.92 Å². The van der Waals surface area contributed by atoms with Gasteiger partial charge in [0.25, 0.3) is 0 Å². The number of aromatic carboxylic acids is 1. The third-order valence-electron chi connectivity index (χ3n) is 8.26. The number of benzene rings is 1. The number of aromatic amines is 1. The Balaban J connectivity index is 1.37. The lowest BCUT2D eigenvalue weighted by molar-refractivity contribution is -0.139. The summed E-state index contributed by atoms with van der Waals surface area (Å²) in [6.07, 6.45) is 6.43. The average Bonchev–Trinajstić information content (AvgIpc) is 3.21. The van der Waals surface area contributed by atoms with Crippen LogP contribution in [0.1, 0.15) is 53.7 Å². The Morgan fingerprint density at radius 3 is 2.60 bits per heavy atom. The van der Waals surface area contributed by atoms with Gasteiger partial charge in [-0.25, -0.2) is 9.78 Å². The van der Waals surface area contributed by atoms with Gasteiger partial charge in [0.1, 0.15) is 11.6 Å². The maximum absolute atomic E-state index is 12.9. The molecule has 1 spiro atoms. The van der Waals surface area contributed by atoms with E-state index < -0.39 is 5.97 Å². The zero-order valence-electron chi connectivity index (χ0n) is 19.9. The van der Waals surface area contributed by atoms with Crippen molar-refractivity contribution in [1.82, 2.24) is 14.9 Å². The first-order valence-electron chi connectivity index (χ1n) is 12.4. The fourth-order valence-electron chi connectivity index (χ4n) is 6.11. The van der Waals surface area contributed by atoms with Crippen LogP contribution in [-0.4, -0.2) is 58.6 Å². The molecule has 2 aliphatic heterocycles. The molecule has 35 heavy (non-hydrogen) atoms. The van der Waals surface area contributed by atoms with Crippen LogP contribution in [0.5, 0.6) is 5.75 Å². The maximum atomic E-state index is 12.9. The van der Waals surface area contributed by atoms with Crippen LogP contribution < -0.4 is 9.64 Å². The quantitative estimate of drug-likeness (QED) is 0.594. The molecule has 3 aliphatic rings. The molecule has 1 saturated carbocycles. The highest BCUT2D eigenvalue weighted by molar-refractivity contribution is 5.89. The predicted octanol–water partition coefficient (Wildman–Crippen LogP) is 3.95. The van der Waals surface area contributed by atoms with Gasteiger partial charge in [-0.3, -0.25) is 4.79 Å². The molecular formula is C27H30N4O4. The molecule has 2 aromatic heterocycles. The highest BCUT2D eigenvalue weighted by atomic mass is 16.5. The van der Waals surface area contributed by atoms with Crippen LogP contribution in [-0.2, 0) is 16.8 Å². The summed E-state index contributed by atoms with van der Waals surface area (Å²) in [4.78, 5) is 36.7. The Bertz CT molecular complexity index is 1290. The number of ether oxygens (including phenoxy) is 1. The Labute approximate surface area is 203 Å². The number of amides is 1. The van der Waals surface area contributed by atoms with E-state index in [9.17, 15) is 14.7 Å². The summed E-state index contributed by atoms with van der Waals surface area (Å²) < 4.78 is 5.46. The zero-order chi connectivity index (χ0) is 24.2. The number of nitrogens with zero attached hydrogens (tertiary/aromatic N) is 3. The predicted molar refractivity (Wildman–Crippen MR) is 132 cm³/mol. The number of carbonyl (C=O) groups excluding carboxylic acids is 1. The molecule has 1 aliphatic carbocycles. The molecule has 6 rings (SSSR count). The number of fused-ring (bicyclic) bond motifs is 4. The molecule has 1 amide bonds. The monoisotopic (exact) mass is 474 g/mol. The Morgan fingerprint density at radius 2 is 1.97 bits per heavy atom. The number of H-pyrrole nitrogens is 1. The van der Waals surface area contributed by atoms with Gasteiger partial charge in [-0.1, -0.05) is 6.42 Å². The van der Waals surface area contributed by atoms with E-state index in [4.69, 9.17) is 4.74 Å². The van der Waals surface area contributed by atoms with Crippen LogP contribution >= 0.6 is 0 Å². The van der Waals surface area contributed by atoms with Crippen molar-refractivity contribution in [3.8, 4) is 5.75 Å². The van der Waals surface area contributed by atoms with Crippen LogP contribution in [0.25, 0.3) is 10.9 Å². The minimum atomic E-state index is -0.977. The van der Waals surface area contributed by atoms with Gasteiger partial charge in [-0.15, -0.1) is 0 Å². The minimum Gasteiger partial charge on any atom is -0.497 e. The number of carbonyl (C=O) groups is 2. The number of piperidine rings is 1. The largest absolute Gasteiger partial charge is 0.497 e. The lowest BCUT2D eigenvalue weighted by Gasteiger charge is -2.48. The second kappa shape index (κ2) is 8.29. The van der Waals surface area contributed by atoms with Crippen LogP contribution in [0.2, 0.25) is 0 Å². The van der Waals surface area contributed by atoms with Crippen molar-refractivity contribution >= 4 is 28.6 Å². The lowest BCUT2D eigenvalue weighted by atomic mass is 9.69. The second-order valence-corrected chi connectivity index (χ2v) is 10.2. The molecule has 0 bridgehead atoms. The fourth-order valence-corrected chi connectivity index (χ4v) is 6.11. The van der Waals surface area contributed by atoms with E-state index in [-0.39, 0.29) is 16.9 Å². The van der Waals surface area contributed by atoms with Gasteiger partial charge in [-0.05, 0) is 55.5 Å². The third kappa shape index (κ3) is 3.63. The van der Waals surface area contributed by atoms with Gasteiger partial charge >= 0.3 is 5.97 Å². The van der Waals surface area contributed by atoms with Gasteiger partial charge in [0.2, 0.25) is 5.91 Å². The third-order valence-corrected chi connectivity index (χ3v) is 8.26. The molecule has 182 valence electrons. The smallest absolute Gasteiger partial charge is 0.337 e. The van der Waals surface area contributed by atoms with Crippen LogP contribution in [0.4, 0.5) is 5.82 Å². The van der Waals surface area contributed by atoms with Crippen molar-refractivity contribution in [2.24, 2.45) is 5.92 Å². The number of methoxy groups -OCH3 is 1. The Hall–Kier alpha value is -3.55. The standard InChI is InChI=1S/C27H30N4O4/c1-35-19-6-7-20-21(13-19)29-22-15-31(23-8-5-18(14-28-23)26(33)34)16-27(24(20)22)9-11-30(12-10-27)25(32)17-3-2-4-17/h5-8,13-14,17,29H,2-4,9-12,15-16H2,1H3,(H,33,34). The van der Waals surface area contributed by atoms with E-state index in [0.29, 0.717) is 12.5 Å². The summed E-state index contributed by atoms with van der Waals surface area (Å²) in [5.41, 5.74) is 3.62. The molecule has 4 heterocycles. The molecule has 1 saturated heterocycles. The van der Waals surface area contributed by atoms with E-state index in [1.807, 2.05) is 12.1 Å². The normalized spacial score (nSPS) is 19.5. The molecule has 2 N–H and O–H groups in total. The first-order chi connectivity index (χ1) is 17.0. The number of aromatic nitrogens is 2. The van der Waals surface area contributed by atoms with Crippen molar-refractivity contribution in [2.45, 2.75) is 44.1 Å². The van der Waals surface area contributed by atoms with Crippen LogP contribution in [0.3, 0.4) is 0 Å². The number of anilines is 1. The molecule has 8 heteroatoms. The number of hydrogen-bond donors (Lipinski definition) is 2. The SMILES string of the molecule is COc1ccc2c3c([nH]c2c1)CN(c1ccc(C(=O)O)cn1)CC31CCN(C(=O)C2CCC2)CC1. The molecular weight excluding hydrogens is 444 g/mol. The molecule has 0 unspecified atom stereocenters. The number of rotatable bonds is 4. The number of carboxylic acid groups (broad SMARTS) is 1. The van der Waals surface area contributed by atoms with Crippen LogP contribution in [0.15, 0.2) is 36.5 Å². The summed E-state index contributed by atoms with van der Waals surface area (Å²) >= 11 is 0. The Morgan fingerprint density at radius 1 is 1.17 bits per heavy atom. The number of hydrogen-bond acceptors (Lipinski definition) is 5. The summed E-state index contributed by atoms with van der Waals surface area (Å²) in [6, 6.07) is 9.61. The summed E-state index contributed by atoms with van der Waals surface area (Å²) in [5.74, 6) is 1.15. The van der Waals surface area contributed by atoms with Crippen molar-refractivity contribution in [3.05, 3.63) is 53.3 Å². The highest BCUT2D eigenvalue weighted by Gasteiger charge is 2.46. The van der Waals surface area contributed by atoms with Crippen molar-refractivity contribution in [3.63, 3.8) is 0 Å². The molecule has 0 radical (unpaired) electrons. The summed E-state index contributed by atoms with van der Waals surface area (Å²) in [5, 5.41) is 10.5. The number of likely N-dealkylation sites (tertiary alicyclic amines) is 1. The highest BCUT2D eigenvalue weighted by Crippen LogP contribution is 2.47. The van der Waals surface area contributed by atoms with E-state index in [2.05, 4.69) is 25.8 Å². The molecule has 8 nitrogen and oxygen atoms in total. The first kappa shape index (κ1) is 21.9. The number of nitrogens with one attached hydrogen (secondary N) is 1. The van der Waals surface area contributed by atoms with E-state index in [1.54, 1.807) is 19.2 Å². The van der Waals surface area contributed by atoms with E-state index in [1.165, 1.54) is 23.6 Å². The topological polar surface area (TPSA) is 98.8 Å². The second-order valence-electron chi connectivity index (χ2n) is 10.2. The van der Waals surface area contributed by atoms with Gasteiger partial charge < -0.3 is 24.6 Å². The molecule has 3 aromatic rings. The Kier molecular flexibility index (Phi) is 5.20. The van der Waals surface area contributed by atoms with Crippen molar-refractivity contribution < 1.29 is 19.4 Å². The molecule has 2 fully saturated rings. The molecule has 0 atom stereocenters. The van der Waals surface area contributed by atoms with E-state index in [0.717, 1.165) is 68.1 Å². The lowest BCUT2D eigenvalue weighted by Crippen LogP contribution is -2.54. The van der Waals surface area contributed by atoms with Crippen molar-refractivity contribution in [2.75, 3.05) is 31.6 Å². The fraction of sp³-hybridized carbons (Fsp3) is 0.444. The van der Waals surface area contributed by atoms with Crippen molar-refractivity contribution in [1.29, 1.82) is 0 Å². The minimum absolute atomic E-state index is 0.121. The van der Waals surface area contributed by atoms with Gasteiger partial charge in [-0.2, -0.15) is 0 Å².